The van der Waals surface area contributed by atoms with Crippen LogP contribution in [0.1, 0.15) is 36.0 Å². The molecule has 5 rings (SSSR count). The molecule has 9 heteroatoms. The van der Waals surface area contributed by atoms with Gasteiger partial charge in [-0.2, -0.15) is 0 Å². The van der Waals surface area contributed by atoms with Crippen molar-refractivity contribution in [3.63, 3.8) is 0 Å². The highest BCUT2D eigenvalue weighted by atomic mass is 32.2. The second kappa shape index (κ2) is 11.5. The number of carbonyl (C=O) groups excluding carboxylic acids is 1. The molecule has 2 aliphatic rings. The summed E-state index contributed by atoms with van der Waals surface area (Å²) in [7, 11) is -0.139. The smallest absolute Gasteiger partial charge is 0.319 e. The van der Waals surface area contributed by atoms with Crippen molar-refractivity contribution in [2.75, 3.05) is 46.8 Å². The quantitative estimate of drug-likeness (QED) is 0.467. The van der Waals surface area contributed by atoms with E-state index in [9.17, 15) is 13.2 Å². The Morgan fingerprint density at radius 3 is 2.66 bits per heavy atom. The summed E-state index contributed by atoms with van der Waals surface area (Å²) in [6.45, 7) is 4.50. The van der Waals surface area contributed by atoms with Gasteiger partial charge in [-0.15, -0.1) is 0 Å². The zero-order valence-electron chi connectivity index (χ0n) is 22.4. The SMILES string of the molecule is CN(C)C(=O)N1CCc2c(cccc2S(=O)(=O)NCCC2CCN(CCc3coc4ccccc34)CC2)C1. The molecule has 0 saturated carbocycles. The summed E-state index contributed by atoms with van der Waals surface area (Å²) < 4.78 is 34.9. The van der Waals surface area contributed by atoms with Gasteiger partial charge in [0.05, 0.1) is 11.2 Å². The number of para-hydroxylation sites is 1. The van der Waals surface area contributed by atoms with Gasteiger partial charge >= 0.3 is 6.03 Å². The van der Waals surface area contributed by atoms with Crippen LogP contribution in [0, 0.1) is 5.92 Å². The third-order valence-corrected chi connectivity index (χ3v) is 9.52. The number of hydrogen-bond donors (Lipinski definition) is 1. The number of piperidine rings is 1. The fourth-order valence-electron chi connectivity index (χ4n) is 5.75. The first kappa shape index (κ1) is 26.7. The van der Waals surface area contributed by atoms with Crippen LogP contribution < -0.4 is 4.72 Å². The molecule has 8 nitrogen and oxygen atoms in total. The van der Waals surface area contributed by atoms with Crippen LogP contribution in [0.15, 0.2) is 58.0 Å². The number of sulfonamides is 1. The number of furan rings is 1. The van der Waals surface area contributed by atoms with Gasteiger partial charge in [-0.3, -0.25) is 0 Å². The number of hydrogen-bond acceptors (Lipinski definition) is 5. The molecule has 0 aliphatic carbocycles. The minimum Gasteiger partial charge on any atom is -0.464 e. The average Bonchev–Trinajstić information content (AvgIpc) is 3.34. The number of fused-ring (bicyclic) bond motifs is 2. The second-order valence-corrected chi connectivity index (χ2v) is 12.5. The molecule has 2 amide bonds. The molecule has 1 fully saturated rings. The normalized spacial score (nSPS) is 17.1. The maximum absolute atomic E-state index is 13.2. The van der Waals surface area contributed by atoms with E-state index in [1.54, 1.807) is 36.0 Å². The molecule has 2 aromatic carbocycles. The topological polar surface area (TPSA) is 86.1 Å². The van der Waals surface area contributed by atoms with E-state index in [2.05, 4.69) is 21.8 Å². The zero-order valence-corrected chi connectivity index (χ0v) is 23.2. The van der Waals surface area contributed by atoms with Crippen molar-refractivity contribution in [1.82, 2.24) is 19.4 Å². The van der Waals surface area contributed by atoms with Crippen molar-refractivity contribution in [1.29, 1.82) is 0 Å². The number of carbonyl (C=O) groups is 1. The largest absolute Gasteiger partial charge is 0.464 e. The number of likely N-dealkylation sites (tertiary alicyclic amines) is 1. The van der Waals surface area contributed by atoms with Crippen molar-refractivity contribution >= 4 is 27.0 Å². The highest BCUT2D eigenvalue weighted by Crippen LogP contribution is 2.27. The highest BCUT2D eigenvalue weighted by molar-refractivity contribution is 7.89. The van der Waals surface area contributed by atoms with Crippen molar-refractivity contribution in [2.24, 2.45) is 5.92 Å². The first-order chi connectivity index (χ1) is 18.3. The van der Waals surface area contributed by atoms with Crippen LogP contribution in [-0.4, -0.2) is 76.0 Å². The summed E-state index contributed by atoms with van der Waals surface area (Å²) in [6, 6.07) is 13.5. The molecule has 0 radical (unpaired) electrons. The summed E-state index contributed by atoms with van der Waals surface area (Å²) in [5, 5.41) is 1.20. The minimum atomic E-state index is -3.60. The Bertz CT molecular complexity index is 1380. The molecule has 0 unspecified atom stereocenters. The van der Waals surface area contributed by atoms with Crippen molar-refractivity contribution in [3.8, 4) is 0 Å². The Morgan fingerprint density at radius 2 is 1.87 bits per heavy atom. The van der Waals surface area contributed by atoms with Gasteiger partial charge in [-0.1, -0.05) is 30.3 Å². The third-order valence-electron chi connectivity index (χ3n) is 7.98. The Kier molecular flexibility index (Phi) is 8.07. The lowest BCUT2D eigenvalue weighted by Crippen LogP contribution is -2.42. The Hall–Kier alpha value is -2.88. The fraction of sp³-hybridized carbons (Fsp3) is 0.483. The minimum absolute atomic E-state index is 0.0527. The van der Waals surface area contributed by atoms with Crippen LogP contribution in [0.3, 0.4) is 0 Å². The van der Waals surface area contributed by atoms with Gasteiger partial charge in [0.15, 0.2) is 0 Å². The summed E-state index contributed by atoms with van der Waals surface area (Å²) in [6.07, 6.45) is 6.42. The van der Waals surface area contributed by atoms with Crippen molar-refractivity contribution < 1.29 is 17.6 Å². The predicted molar refractivity (Wildman–Crippen MR) is 149 cm³/mol. The van der Waals surface area contributed by atoms with Gasteiger partial charge < -0.3 is 19.1 Å². The molecule has 0 spiro atoms. The molecule has 38 heavy (non-hydrogen) atoms. The molecular weight excluding hydrogens is 500 g/mol. The molecular formula is C29H38N4O4S. The molecule has 1 N–H and O–H groups in total. The van der Waals surface area contributed by atoms with Gasteiger partial charge in [0, 0.05) is 45.7 Å². The van der Waals surface area contributed by atoms with E-state index in [0.29, 0.717) is 36.9 Å². The number of nitrogens with one attached hydrogen (secondary N) is 1. The lowest BCUT2D eigenvalue weighted by atomic mass is 9.93. The molecule has 204 valence electrons. The van der Waals surface area contributed by atoms with Crippen LogP contribution >= 0.6 is 0 Å². The van der Waals surface area contributed by atoms with Gasteiger partial charge in [-0.05, 0) is 79.9 Å². The summed E-state index contributed by atoms with van der Waals surface area (Å²) in [5.41, 5.74) is 3.95. The second-order valence-electron chi connectivity index (χ2n) is 10.7. The number of nitrogens with zero attached hydrogens (tertiary/aromatic N) is 3. The standard InChI is InChI=1S/C29H38N4O4S/c1-31(2)29(34)33-19-14-26-23(20-33)6-5-9-28(26)38(35,36)30-15-10-22-11-16-32(17-12-22)18-13-24-21-37-27-8-4-3-7-25(24)27/h3-9,21-22,30H,10-20H2,1-2H3. The van der Waals surface area contributed by atoms with Gasteiger partial charge in [0.1, 0.15) is 5.58 Å². The first-order valence-corrected chi connectivity index (χ1v) is 15.0. The highest BCUT2D eigenvalue weighted by Gasteiger charge is 2.28. The van der Waals surface area contributed by atoms with Crippen LogP contribution in [0.2, 0.25) is 0 Å². The molecule has 3 aromatic rings. The number of urea groups is 1. The van der Waals surface area contributed by atoms with Crippen molar-refractivity contribution in [3.05, 3.63) is 65.4 Å². The Balaban J connectivity index is 1.09. The molecule has 0 atom stereocenters. The molecule has 1 aromatic heterocycles. The number of rotatable bonds is 8. The lowest BCUT2D eigenvalue weighted by molar-refractivity contribution is 0.165. The van der Waals surface area contributed by atoms with E-state index in [1.807, 2.05) is 24.5 Å². The van der Waals surface area contributed by atoms with Crippen LogP contribution in [0.5, 0.6) is 0 Å². The summed E-state index contributed by atoms with van der Waals surface area (Å²) in [4.78, 5) is 18.5. The van der Waals surface area contributed by atoms with E-state index >= 15 is 0 Å². The monoisotopic (exact) mass is 538 g/mol. The van der Waals surface area contributed by atoms with E-state index < -0.39 is 10.0 Å². The summed E-state index contributed by atoms with van der Waals surface area (Å²) in [5.74, 6) is 0.527. The maximum atomic E-state index is 13.2. The number of benzene rings is 2. The molecule has 3 heterocycles. The van der Waals surface area contributed by atoms with Crippen LogP contribution in [0.4, 0.5) is 4.79 Å². The maximum Gasteiger partial charge on any atom is 0.319 e. The first-order valence-electron chi connectivity index (χ1n) is 13.6. The predicted octanol–water partition coefficient (Wildman–Crippen LogP) is 4.10. The Morgan fingerprint density at radius 1 is 1.08 bits per heavy atom. The van der Waals surface area contributed by atoms with Crippen LogP contribution in [-0.2, 0) is 29.4 Å². The Labute approximate surface area is 225 Å². The molecule has 2 aliphatic heterocycles. The van der Waals surface area contributed by atoms with Gasteiger partial charge in [0.2, 0.25) is 10.0 Å². The van der Waals surface area contributed by atoms with Crippen LogP contribution in [0.25, 0.3) is 11.0 Å². The van der Waals surface area contributed by atoms with E-state index in [4.69, 9.17) is 4.42 Å². The van der Waals surface area contributed by atoms with E-state index in [1.165, 1.54) is 10.9 Å². The molecule has 0 bridgehead atoms. The molecule has 1 saturated heterocycles. The summed E-state index contributed by atoms with van der Waals surface area (Å²) >= 11 is 0. The average molecular weight is 539 g/mol. The fourth-order valence-corrected chi connectivity index (χ4v) is 7.11. The van der Waals surface area contributed by atoms with E-state index in [0.717, 1.165) is 62.0 Å². The zero-order chi connectivity index (χ0) is 26.7. The number of amides is 2. The lowest BCUT2D eigenvalue weighted by Gasteiger charge is -2.32. The van der Waals surface area contributed by atoms with Crippen molar-refractivity contribution in [2.45, 2.75) is 43.5 Å². The van der Waals surface area contributed by atoms with Gasteiger partial charge in [0.25, 0.3) is 0 Å². The van der Waals surface area contributed by atoms with Gasteiger partial charge in [-0.25, -0.2) is 17.9 Å². The third kappa shape index (κ3) is 5.90. The van der Waals surface area contributed by atoms with E-state index in [-0.39, 0.29) is 6.03 Å².